The Balaban J connectivity index is 1.14. The predicted octanol–water partition coefficient (Wildman–Crippen LogP) is 3.34. The molecule has 7 heteroatoms. The van der Waals surface area contributed by atoms with Crippen molar-refractivity contribution in [1.82, 2.24) is 20.2 Å². The van der Waals surface area contributed by atoms with Gasteiger partial charge in [0.1, 0.15) is 23.9 Å². The van der Waals surface area contributed by atoms with Crippen LogP contribution in [0.25, 0.3) is 11.0 Å². The summed E-state index contributed by atoms with van der Waals surface area (Å²) in [5.41, 5.74) is 2.11. The Hall–Kier alpha value is -3.06. The molecule has 164 valence electrons. The van der Waals surface area contributed by atoms with Crippen molar-refractivity contribution in [2.24, 2.45) is 0 Å². The Labute approximate surface area is 182 Å². The van der Waals surface area contributed by atoms with Gasteiger partial charge in [0.25, 0.3) is 0 Å². The Kier molecular flexibility index (Phi) is 7.04. The third-order valence-electron chi connectivity index (χ3n) is 5.58. The zero-order valence-electron chi connectivity index (χ0n) is 18.0. The van der Waals surface area contributed by atoms with Crippen LogP contribution in [0.15, 0.2) is 48.5 Å². The minimum absolute atomic E-state index is 0.0393. The Bertz CT molecular complexity index is 945. The number of H-pyrrole nitrogens is 1. The summed E-state index contributed by atoms with van der Waals surface area (Å²) in [5, 5.41) is 2.94. The number of nitrogens with zero attached hydrogens (tertiary/aromatic N) is 2. The summed E-state index contributed by atoms with van der Waals surface area (Å²) < 4.78 is 11.1. The maximum absolute atomic E-state index is 12.3. The lowest BCUT2D eigenvalue weighted by Gasteiger charge is -2.30. The Morgan fingerprint density at radius 1 is 1.10 bits per heavy atom. The van der Waals surface area contributed by atoms with E-state index in [2.05, 4.69) is 21.3 Å². The summed E-state index contributed by atoms with van der Waals surface area (Å²) in [4.78, 5) is 22.7. The fourth-order valence-corrected chi connectivity index (χ4v) is 3.95. The van der Waals surface area contributed by atoms with Crippen LogP contribution in [-0.2, 0) is 4.79 Å². The van der Waals surface area contributed by atoms with Crippen LogP contribution in [-0.4, -0.2) is 60.2 Å². The van der Waals surface area contributed by atoms with Crippen molar-refractivity contribution in [3.63, 3.8) is 0 Å². The maximum atomic E-state index is 12.3. The fraction of sp³-hybridized carbons (Fsp3) is 0.417. The molecule has 0 unspecified atom stereocenters. The number of fused-ring (bicyclic) bond motifs is 1. The molecule has 1 saturated heterocycles. The van der Waals surface area contributed by atoms with Crippen LogP contribution in [0, 0.1) is 0 Å². The number of benzene rings is 2. The summed E-state index contributed by atoms with van der Waals surface area (Å²) in [6.07, 6.45) is 2.02. The third kappa shape index (κ3) is 5.76. The number of hydrogen-bond donors (Lipinski definition) is 2. The number of carbonyl (C=O) groups is 1. The van der Waals surface area contributed by atoms with Gasteiger partial charge >= 0.3 is 0 Å². The highest BCUT2D eigenvalue weighted by atomic mass is 16.5. The van der Waals surface area contributed by atoms with Crippen molar-refractivity contribution in [3.05, 3.63) is 54.4 Å². The summed E-state index contributed by atoms with van der Waals surface area (Å²) in [5.74, 6) is 3.13. The lowest BCUT2D eigenvalue weighted by Crippen LogP contribution is -2.42. The average molecular weight is 423 g/mol. The lowest BCUT2D eigenvalue weighted by molar-refractivity contribution is -0.122. The van der Waals surface area contributed by atoms with E-state index in [1.54, 1.807) is 0 Å². The van der Waals surface area contributed by atoms with Crippen LogP contribution in [0.5, 0.6) is 11.5 Å². The highest BCUT2D eigenvalue weighted by molar-refractivity contribution is 5.78. The van der Waals surface area contributed by atoms with Gasteiger partial charge < -0.3 is 19.8 Å². The molecule has 1 fully saturated rings. The Morgan fingerprint density at radius 2 is 1.81 bits per heavy atom. The number of nitrogens with one attached hydrogen (secondary N) is 2. The summed E-state index contributed by atoms with van der Waals surface area (Å²) in [6, 6.07) is 15.6. The number of likely N-dealkylation sites (tertiary alicyclic amines) is 1. The molecule has 2 N–H and O–H groups in total. The fourth-order valence-electron chi connectivity index (χ4n) is 3.95. The molecular formula is C24H30N4O3. The topological polar surface area (TPSA) is 79.5 Å². The van der Waals surface area contributed by atoms with Crippen molar-refractivity contribution in [3.8, 4) is 11.5 Å². The lowest BCUT2D eigenvalue weighted by atomic mass is 9.96. The van der Waals surface area contributed by atoms with Gasteiger partial charge in [-0.15, -0.1) is 0 Å². The average Bonchev–Trinajstić information content (AvgIpc) is 3.23. The highest BCUT2D eigenvalue weighted by Crippen LogP contribution is 2.27. The number of amides is 1. The van der Waals surface area contributed by atoms with Crippen LogP contribution >= 0.6 is 0 Å². The SMILES string of the molecule is CCOc1ccc(OCCNC(=O)CN2CCC(c3nc4ccccc4[nH]3)CC2)cc1. The first-order chi connectivity index (χ1) is 15.2. The molecule has 2 aromatic carbocycles. The van der Waals surface area contributed by atoms with E-state index in [1.807, 2.05) is 49.4 Å². The monoisotopic (exact) mass is 422 g/mol. The van der Waals surface area contributed by atoms with Crippen LogP contribution < -0.4 is 14.8 Å². The van der Waals surface area contributed by atoms with E-state index in [4.69, 9.17) is 14.5 Å². The second-order valence-electron chi connectivity index (χ2n) is 7.79. The summed E-state index contributed by atoms with van der Waals surface area (Å²) in [6.45, 7) is 5.75. The van der Waals surface area contributed by atoms with Gasteiger partial charge in [-0.25, -0.2) is 4.98 Å². The minimum Gasteiger partial charge on any atom is -0.494 e. The molecule has 1 amide bonds. The first kappa shape index (κ1) is 21.2. The van der Waals surface area contributed by atoms with Gasteiger partial charge in [0.15, 0.2) is 0 Å². The second kappa shape index (κ2) is 10.3. The van der Waals surface area contributed by atoms with Gasteiger partial charge in [-0.3, -0.25) is 9.69 Å². The van der Waals surface area contributed by atoms with Crippen LogP contribution in [0.2, 0.25) is 0 Å². The predicted molar refractivity (Wildman–Crippen MR) is 121 cm³/mol. The van der Waals surface area contributed by atoms with E-state index in [9.17, 15) is 4.79 Å². The van der Waals surface area contributed by atoms with Gasteiger partial charge in [0.2, 0.25) is 5.91 Å². The molecule has 1 aliphatic rings. The summed E-state index contributed by atoms with van der Waals surface area (Å²) >= 11 is 0. The molecule has 0 saturated carbocycles. The van der Waals surface area contributed by atoms with Crippen molar-refractivity contribution < 1.29 is 14.3 Å². The number of carbonyl (C=O) groups excluding carboxylic acids is 1. The molecule has 2 heterocycles. The summed E-state index contributed by atoms with van der Waals surface area (Å²) in [7, 11) is 0. The molecule has 1 aromatic heterocycles. The number of aromatic amines is 1. The van der Waals surface area contributed by atoms with E-state index in [1.165, 1.54) is 0 Å². The zero-order valence-corrected chi connectivity index (χ0v) is 18.0. The van der Waals surface area contributed by atoms with Crippen LogP contribution in [0.1, 0.15) is 31.5 Å². The van der Waals surface area contributed by atoms with Crippen LogP contribution in [0.4, 0.5) is 0 Å². The number of hydrogen-bond acceptors (Lipinski definition) is 5. The molecule has 31 heavy (non-hydrogen) atoms. The second-order valence-corrected chi connectivity index (χ2v) is 7.79. The molecule has 0 bridgehead atoms. The minimum atomic E-state index is 0.0393. The van der Waals surface area contributed by atoms with E-state index in [0.29, 0.717) is 32.2 Å². The standard InChI is InChI=1S/C24H30N4O3/c1-2-30-19-7-9-20(10-8-19)31-16-13-25-23(29)17-28-14-11-18(12-15-28)24-26-21-5-3-4-6-22(21)27-24/h3-10,18H,2,11-17H2,1H3,(H,25,29)(H,26,27). The van der Waals surface area contributed by atoms with Crippen LogP contribution in [0.3, 0.4) is 0 Å². The number of rotatable bonds is 9. The molecule has 0 atom stereocenters. The highest BCUT2D eigenvalue weighted by Gasteiger charge is 2.24. The van der Waals surface area contributed by atoms with E-state index in [-0.39, 0.29) is 5.91 Å². The number of ether oxygens (including phenoxy) is 2. The van der Waals surface area contributed by atoms with Gasteiger partial charge in [-0.1, -0.05) is 12.1 Å². The van der Waals surface area contributed by atoms with Gasteiger partial charge in [-0.2, -0.15) is 0 Å². The Morgan fingerprint density at radius 3 is 2.52 bits per heavy atom. The van der Waals surface area contributed by atoms with E-state index in [0.717, 1.165) is 54.3 Å². The third-order valence-corrected chi connectivity index (χ3v) is 5.58. The van der Waals surface area contributed by atoms with Crippen molar-refractivity contribution >= 4 is 16.9 Å². The molecule has 4 rings (SSSR count). The number of para-hydroxylation sites is 2. The quantitative estimate of drug-likeness (QED) is 0.517. The zero-order chi connectivity index (χ0) is 21.5. The van der Waals surface area contributed by atoms with Crippen molar-refractivity contribution in [2.75, 3.05) is 39.4 Å². The molecule has 3 aromatic rings. The van der Waals surface area contributed by atoms with E-state index >= 15 is 0 Å². The van der Waals surface area contributed by atoms with Gasteiger partial charge in [-0.05, 0) is 69.3 Å². The number of imidazole rings is 1. The molecule has 7 nitrogen and oxygen atoms in total. The van der Waals surface area contributed by atoms with Gasteiger partial charge in [0, 0.05) is 5.92 Å². The first-order valence-corrected chi connectivity index (χ1v) is 11.0. The van der Waals surface area contributed by atoms with Crippen molar-refractivity contribution in [1.29, 1.82) is 0 Å². The maximum Gasteiger partial charge on any atom is 0.234 e. The molecular weight excluding hydrogens is 392 g/mol. The van der Waals surface area contributed by atoms with E-state index < -0.39 is 0 Å². The molecule has 0 radical (unpaired) electrons. The van der Waals surface area contributed by atoms with Crippen molar-refractivity contribution in [2.45, 2.75) is 25.7 Å². The molecule has 0 spiro atoms. The molecule has 0 aliphatic carbocycles. The smallest absolute Gasteiger partial charge is 0.234 e. The normalized spacial score (nSPS) is 15.1. The van der Waals surface area contributed by atoms with Gasteiger partial charge in [0.05, 0.1) is 30.7 Å². The number of piperidine rings is 1. The largest absolute Gasteiger partial charge is 0.494 e. The first-order valence-electron chi connectivity index (χ1n) is 11.0. The number of aromatic nitrogens is 2. The molecule has 1 aliphatic heterocycles.